The van der Waals surface area contributed by atoms with E-state index in [1.165, 1.54) is 6.92 Å². The standard InChI is InChI=1S/C13H20N2O3/c1-11(16)15-13-5-3-4-12(10-13)14-6-7-18-9-8-17-2/h3-5,10,14H,6-9H2,1-2H3,(H,15,16). The lowest BCUT2D eigenvalue weighted by atomic mass is 10.2. The summed E-state index contributed by atoms with van der Waals surface area (Å²) >= 11 is 0. The third-order valence-electron chi connectivity index (χ3n) is 2.19. The Morgan fingerprint density at radius 3 is 2.72 bits per heavy atom. The fraction of sp³-hybridized carbons (Fsp3) is 0.462. The molecule has 0 radical (unpaired) electrons. The van der Waals surface area contributed by atoms with Crippen LogP contribution in [-0.4, -0.2) is 39.4 Å². The first-order chi connectivity index (χ1) is 8.72. The van der Waals surface area contributed by atoms with Gasteiger partial charge in [0.05, 0.1) is 19.8 Å². The molecule has 100 valence electrons. The van der Waals surface area contributed by atoms with Crippen LogP contribution < -0.4 is 10.6 Å². The molecule has 5 heteroatoms. The van der Waals surface area contributed by atoms with Gasteiger partial charge in [-0.05, 0) is 18.2 Å². The van der Waals surface area contributed by atoms with Gasteiger partial charge in [0.25, 0.3) is 0 Å². The molecular formula is C13H20N2O3. The molecule has 1 amide bonds. The van der Waals surface area contributed by atoms with Crippen molar-refractivity contribution in [3.63, 3.8) is 0 Å². The second-order valence-electron chi connectivity index (χ2n) is 3.79. The van der Waals surface area contributed by atoms with Gasteiger partial charge < -0.3 is 20.1 Å². The molecular weight excluding hydrogens is 232 g/mol. The van der Waals surface area contributed by atoms with E-state index in [4.69, 9.17) is 9.47 Å². The molecule has 1 aromatic rings. The Hall–Kier alpha value is -1.59. The second kappa shape index (κ2) is 8.49. The van der Waals surface area contributed by atoms with Gasteiger partial charge in [0.2, 0.25) is 5.91 Å². The van der Waals surface area contributed by atoms with Gasteiger partial charge >= 0.3 is 0 Å². The lowest BCUT2D eigenvalue weighted by Crippen LogP contribution is -2.12. The summed E-state index contributed by atoms with van der Waals surface area (Å²) in [6.07, 6.45) is 0. The van der Waals surface area contributed by atoms with Crippen molar-refractivity contribution < 1.29 is 14.3 Å². The summed E-state index contributed by atoms with van der Waals surface area (Å²) in [5, 5.41) is 5.95. The van der Waals surface area contributed by atoms with Gasteiger partial charge in [0.1, 0.15) is 0 Å². The van der Waals surface area contributed by atoms with E-state index >= 15 is 0 Å². The number of rotatable bonds is 8. The number of anilines is 2. The van der Waals surface area contributed by atoms with E-state index in [0.717, 1.165) is 11.4 Å². The molecule has 0 aliphatic carbocycles. The Morgan fingerprint density at radius 1 is 1.22 bits per heavy atom. The molecule has 1 rings (SSSR count). The van der Waals surface area contributed by atoms with Crippen LogP contribution in [0.4, 0.5) is 11.4 Å². The van der Waals surface area contributed by atoms with Crippen LogP contribution in [0.3, 0.4) is 0 Å². The van der Waals surface area contributed by atoms with Crippen molar-refractivity contribution in [1.82, 2.24) is 0 Å². The van der Waals surface area contributed by atoms with Crippen LogP contribution in [0.2, 0.25) is 0 Å². The topological polar surface area (TPSA) is 59.6 Å². The van der Waals surface area contributed by atoms with Crippen LogP contribution in [0, 0.1) is 0 Å². The Bertz CT molecular complexity index is 369. The number of hydrogen-bond acceptors (Lipinski definition) is 4. The summed E-state index contributed by atoms with van der Waals surface area (Å²) in [5.41, 5.74) is 1.74. The zero-order valence-electron chi connectivity index (χ0n) is 10.9. The lowest BCUT2D eigenvalue weighted by Gasteiger charge is -2.09. The van der Waals surface area contributed by atoms with Crippen molar-refractivity contribution in [2.24, 2.45) is 0 Å². The minimum atomic E-state index is -0.0740. The van der Waals surface area contributed by atoms with Gasteiger partial charge in [-0.2, -0.15) is 0 Å². The maximum Gasteiger partial charge on any atom is 0.221 e. The Kier molecular flexibility index (Phi) is 6.83. The minimum absolute atomic E-state index is 0.0740. The maximum atomic E-state index is 10.9. The monoisotopic (exact) mass is 252 g/mol. The highest BCUT2D eigenvalue weighted by Gasteiger charge is 1.97. The molecule has 1 aromatic carbocycles. The molecule has 0 unspecified atom stereocenters. The van der Waals surface area contributed by atoms with E-state index < -0.39 is 0 Å². The fourth-order valence-electron chi connectivity index (χ4n) is 1.42. The van der Waals surface area contributed by atoms with Crippen LogP contribution in [0.25, 0.3) is 0 Å². The normalized spacial score (nSPS) is 10.1. The average molecular weight is 252 g/mol. The number of carbonyl (C=O) groups excluding carboxylic acids is 1. The van der Waals surface area contributed by atoms with Gasteiger partial charge in [-0.25, -0.2) is 0 Å². The molecule has 0 aliphatic rings. The van der Waals surface area contributed by atoms with Crippen LogP contribution in [-0.2, 0) is 14.3 Å². The lowest BCUT2D eigenvalue weighted by molar-refractivity contribution is -0.114. The van der Waals surface area contributed by atoms with E-state index in [1.54, 1.807) is 7.11 Å². The van der Waals surface area contributed by atoms with Crippen LogP contribution in [0.1, 0.15) is 6.92 Å². The molecule has 0 bridgehead atoms. The van der Waals surface area contributed by atoms with E-state index in [0.29, 0.717) is 26.4 Å². The predicted octanol–water partition coefficient (Wildman–Crippen LogP) is 1.72. The van der Waals surface area contributed by atoms with E-state index in [1.807, 2.05) is 24.3 Å². The van der Waals surface area contributed by atoms with Crippen molar-refractivity contribution in [3.8, 4) is 0 Å². The Morgan fingerprint density at radius 2 is 2.00 bits per heavy atom. The largest absolute Gasteiger partial charge is 0.383 e. The zero-order valence-corrected chi connectivity index (χ0v) is 10.9. The number of benzene rings is 1. The van der Waals surface area contributed by atoms with Crippen molar-refractivity contribution in [2.45, 2.75) is 6.92 Å². The smallest absolute Gasteiger partial charge is 0.221 e. The third kappa shape index (κ3) is 6.22. The minimum Gasteiger partial charge on any atom is -0.383 e. The number of amides is 1. The van der Waals surface area contributed by atoms with Gasteiger partial charge in [0.15, 0.2) is 0 Å². The quantitative estimate of drug-likeness (QED) is 0.692. The molecule has 0 aromatic heterocycles. The molecule has 5 nitrogen and oxygen atoms in total. The van der Waals surface area contributed by atoms with Crippen molar-refractivity contribution in [3.05, 3.63) is 24.3 Å². The zero-order chi connectivity index (χ0) is 13.2. The molecule has 0 atom stereocenters. The average Bonchev–Trinajstić information content (AvgIpc) is 2.33. The molecule has 18 heavy (non-hydrogen) atoms. The van der Waals surface area contributed by atoms with Crippen molar-refractivity contribution in [1.29, 1.82) is 0 Å². The summed E-state index contributed by atoms with van der Waals surface area (Å²) in [5.74, 6) is -0.0740. The molecule has 0 fully saturated rings. The first-order valence-electron chi connectivity index (χ1n) is 5.90. The number of ether oxygens (including phenoxy) is 2. The Balaban J connectivity index is 2.27. The highest BCUT2D eigenvalue weighted by molar-refractivity contribution is 5.89. The number of hydrogen-bond donors (Lipinski definition) is 2. The maximum absolute atomic E-state index is 10.9. The van der Waals surface area contributed by atoms with Gasteiger partial charge in [-0.15, -0.1) is 0 Å². The molecule has 0 spiro atoms. The molecule has 0 saturated heterocycles. The van der Waals surface area contributed by atoms with Crippen molar-refractivity contribution >= 4 is 17.3 Å². The second-order valence-corrected chi connectivity index (χ2v) is 3.79. The third-order valence-corrected chi connectivity index (χ3v) is 2.19. The van der Waals surface area contributed by atoms with E-state index in [2.05, 4.69) is 10.6 Å². The first-order valence-corrected chi connectivity index (χ1v) is 5.90. The highest BCUT2D eigenvalue weighted by Crippen LogP contribution is 2.14. The summed E-state index contributed by atoms with van der Waals surface area (Å²) in [6.45, 7) is 4.03. The van der Waals surface area contributed by atoms with Crippen molar-refractivity contribution in [2.75, 3.05) is 44.1 Å². The molecule has 2 N–H and O–H groups in total. The van der Waals surface area contributed by atoms with E-state index in [-0.39, 0.29) is 5.91 Å². The van der Waals surface area contributed by atoms with Crippen LogP contribution in [0.15, 0.2) is 24.3 Å². The summed E-state index contributed by atoms with van der Waals surface area (Å²) < 4.78 is 10.2. The van der Waals surface area contributed by atoms with Crippen LogP contribution >= 0.6 is 0 Å². The molecule has 0 heterocycles. The SMILES string of the molecule is COCCOCCNc1cccc(NC(C)=O)c1. The number of methoxy groups -OCH3 is 1. The summed E-state index contributed by atoms with van der Waals surface area (Å²) in [6, 6.07) is 7.57. The summed E-state index contributed by atoms with van der Waals surface area (Å²) in [7, 11) is 1.65. The predicted molar refractivity (Wildman–Crippen MR) is 71.9 cm³/mol. The van der Waals surface area contributed by atoms with Crippen LogP contribution in [0.5, 0.6) is 0 Å². The van der Waals surface area contributed by atoms with Gasteiger partial charge in [-0.1, -0.05) is 6.07 Å². The Labute approximate surface area is 107 Å². The van der Waals surface area contributed by atoms with E-state index in [9.17, 15) is 4.79 Å². The highest BCUT2D eigenvalue weighted by atomic mass is 16.5. The van der Waals surface area contributed by atoms with Gasteiger partial charge in [-0.3, -0.25) is 4.79 Å². The number of carbonyl (C=O) groups is 1. The first kappa shape index (κ1) is 14.5. The fourth-order valence-corrected chi connectivity index (χ4v) is 1.42. The molecule has 0 saturated carbocycles. The summed E-state index contributed by atoms with van der Waals surface area (Å²) in [4.78, 5) is 10.9. The van der Waals surface area contributed by atoms with Gasteiger partial charge in [0, 0.05) is 32.0 Å². The number of nitrogens with one attached hydrogen (secondary N) is 2. The molecule has 0 aliphatic heterocycles.